The highest BCUT2D eigenvalue weighted by atomic mass is 32.2. The number of amides is 2. The van der Waals surface area contributed by atoms with Crippen molar-refractivity contribution >= 4 is 15.9 Å². The fourth-order valence-corrected chi connectivity index (χ4v) is 5.53. The van der Waals surface area contributed by atoms with Crippen molar-refractivity contribution in [3.8, 4) is 0 Å². The zero-order valence-corrected chi connectivity index (χ0v) is 13.0. The van der Waals surface area contributed by atoms with Gasteiger partial charge in [-0.1, -0.05) is 0 Å². The molecule has 3 aliphatic heterocycles. The first-order chi connectivity index (χ1) is 9.32. The Balaban J connectivity index is 1.73. The van der Waals surface area contributed by atoms with Crippen molar-refractivity contribution in [2.75, 3.05) is 37.7 Å². The fourth-order valence-electron chi connectivity index (χ4n) is 4.00. The second-order valence-corrected chi connectivity index (χ2v) is 9.06. The minimum absolute atomic E-state index is 0.0414. The molecule has 3 aliphatic rings. The number of nitrogens with zero attached hydrogens (tertiary/aromatic N) is 2. The number of piperidine rings is 1. The average molecular weight is 302 g/mol. The molecule has 3 rings (SSSR count). The first-order valence-corrected chi connectivity index (χ1v) is 9.28. The summed E-state index contributed by atoms with van der Waals surface area (Å²) < 4.78 is 24.1. The summed E-state index contributed by atoms with van der Waals surface area (Å²) in [6.07, 6.45) is 0.974. The molecule has 2 atom stereocenters. The Bertz CT molecular complexity index is 503. The lowest BCUT2D eigenvalue weighted by atomic mass is 9.96. The van der Waals surface area contributed by atoms with Gasteiger partial charge in [-0.2, -0.15) is 0 Å². The monoisotopic (exact) mass is 302 g/mol. The van der Waals surface area contributed by atoms with Crippen LogP contribution in [0.2, 0.25) is 0 Å². The van der Waals surface area contributed by atoms with Gasteiger partial charge in [-0.3, -0.25) is 0 Å². The molecule has 6 nitrogen and oxygen atoms in total. The molecule has 0 saturated carbocycles. The molecule has 2 amide bonds. The van der Waals surface area contributed by atoms with Gasteiger partial charge in [0.25, 0.3) is 0 Å². The minimum atomic E-state index is -2.83. The highest BCUT2D eigenvalue weighted by molar-refractivity contribution is 7.91. The lowest BCUT2D eigenvalue weighted by Crippen LogP contribution is -2.66. The zero-order chi connectivity index (χ0) is 14.5. The van der Waals surface area contributed by atoms with E-state index in [9.17, 15) is 13.2 Å². The molecule has 3 heterocycles. The molecule has 7 heteroatoms. The van der Waals surface area contributed by atoms with E-state index in [0.717, 1.165) is 24.0 Å². The standard InChI is InChI=1S/C13H23N3O3S/c1-10(2)15-12-3-4-16(9-11(12)14-13(15)17)5-7-20(18,19)8-6-16/h10-12H,3-9H2,1-2H3/p+1/t11-,12+/m1/s1. The largest absolute Gasteiger partial charge is 0.327 e. The number of fused-ring (bicyclic) bond motifs is 1. The first-order valence-electron chi connectivity index (χ1n) is 7.46. The summed E-state index contributed by atoms with van der Waals surface area (Å²) in [5.74, 6) is 0.596. The van der Waals surface area contributed by atoms with Gasteiger partial charge in [0.15, 0.2) is 9.84 Å². The van der Waals surface area contributed by atoms with Crippen LogP contribution in [0.1, 0.15) is 20.3 Å². The van der Waals surface area contributed by atoms with Crippen LogP contribution in [-0.2, 0) is 9.84 Å². The van der Waals surface area contributed by atoms with Crippen LogP contribution in [0.4, 0.5) is 4.79 Å². The van der Waals surface area contributed by atoms with Crippen molar-refractivity contribution in [3.63, 3.8) is 0 Å². The molecule has 1 spiro atoms. The molecule has 0 aromatic carbocycles. The zero-order valence-electron chi connectivity index (χ0n) is 12.2. The van der Waals surface area contributed by atoms with Gasteiger partial charge >= 0.3 is 6.03 Å². The molecular weight excluding hydrogens is 278 g/mol. The SMILES string of the molecule is CC(C)N1C(=O)N[C@@H]2C[N+]3(CC[C@@H]21)CCS(=O)(=O)CC3. The van der Waals surface area contributed by atoms with E-state index in [4.69, 9.17) is 0 Å². The molecule has 0 bridgehead atoms. The average Bonchev–Trinajstić information content (AvgIpc) is 2.68. The van der Waals surface area contributed by atoms with Crippen molar-refractivity contribution in [2.45, 2.75) is 38.4 Å². The van der Waals surface area contributed by atoms with Crippen LogP contribution in [0.5, 0.6) is 0 Å². The Morgan fingerprint density at radius 1 is 1.25 bits per heavy atom. The molecule has 0 radical (unpaired) electrons. The van der Waals surface area contributed by atoms with Gasteiger partial charge in [0.2, 0.25) is 0 Å². The van der Waals surface area contributed by atoms with E-state index in [1.165, 1.54) is 0 Å². The number of urea groups is 1. The number of nitrogens with one attached hydrogen (secondary N) is 1. The quantitative estimate of drug-likeness (QED) is 0.683. The second-order valence-electron chi connectivity index (χ2n) is 6.76. The normalized spacial score (nSPS) is 35.1. The number of hydrogen-bond donors (Lipinski definition) is 1. The molecule has 0 aromatic rings. The van der Waals surface area contributed by atoms with Crippen LogP contribution < -0.4 is 5.32 Å². The summed E-state index contributed by atoms with van der Waals surface area (Å²) in [5, 5.41) is 3.10. The van der Waals surface area contributed by atoms with Crippen molar-refractivity contribution < 1.29 is 17.7 Å². The van der Waals surface area contributed by atoms with Gasteiger partial charge in [-0.25, -0.2) is 13.2 Å². The predicted molar refractivity (Wildman–Crippen MR) is 76.1 cm³/mol. The summed E-state index contributed by atoms with van der Waals surface area (Å²) in [4.78, 5) is 14.0. The number of hydrogen-bond acceptors (Lipinski definition) is 3. The third-order valence-corrected chi connectivity index (χ3v) is 6.77. The van der Waals surface area contributed by atoms with E-state index in [1.807, 2.05) is 18.7 Å². The van der Waals surface area contributed by atoms with Crippen LogP contribution in [0, 0.1) is 0 Å². The smallest absolute Gasteiger partial charge is 0.318 e. The lowest BCUT2D eigenvalue weighted by molar-refractivity contribution is -0.930. The fraction of sp³-hybridized carbons (Fsp3) is 0.923. The molecule has 20 heavy (non-hydrogen) atoms. The van der Waals surface area contributed by atoms with Gasteiger partial charge in [0.1, 0.15) is 12.6 Å². The Hall–Kier alpha value is -0.820. The maximum absolute atomic E-state index is 12.1. The van der Waals surface area contributed by atoms with Gasteiger partial charge in [0, 0.05) is 12.5 Å². The summed E-state index contributed by atoms with van der Waals surface area (Å²) in [6, 6.07) is 0.724. The van der Waals surface area contributed by atoms with E-state index in [2.05, 4.69) is 5.32 Å². The van der Waals surface area contributed by atoms with E-state index < -0.39 is 9.84 Å². The van der Waals surface area contributed by atoms with Crippen LogP contribution in [0.25, 0.3) is 0 Å². The number of sulfone groups is 1. The van der Waals surface area contributed by atoms with Crippen LogP contribution >= 0.6 is 0 Å². The molecule has 114 valence electrons. The molecular formula is C13H24N3O3S+. The van der Waals surface area contributed by atoms with E-state index in [-0.39, 0.29) is 24.2 Å². The number of carbonyl (C=O) groups excluding carboxylic acids is 1. The summed E-state index contributed by atoms with van der Waals surface area (Å²) in [6.45, 7) is 7.40. The third kappa shape index (κ3) is 2.30. The van der Waals surface area contributed by atoms with Crippen LogP contribution in [0.15, 0.2) is 0 Å². The van der Waals surface area contributed by atoms with Crippen molar-refractivity contribution in [1.29, 1.82) is 0 Å². The summed E-state index contributed by atoms with van der Waals surface area (Å²) in [5.41, 5.74) is 0. The van der Waals surface area contributed by atoms with Gasteiger partial charge < -0.3 is 14.7 Å². The maximum Gasteiger partial charge on any atom is 0.318 e. The third-order valence-electron chi connectivity index (χ3n) is 5.16. The van der Waals surface area contributed by atoms with Gasteiger partial charge in [0.05, 0.1) is 37.2 Å². The lowest BCUT2D eigenvalue weighted by Gasteiger charge is -2.48. The van der Waals surface area contributed by atoms with E-state index in [0.29, 0.717) is 24.6 Å². The Labute approximate surface area is 120 Å². The molecule has 1 N–H and O–H groups in total. The second kappa shape index (κ2) is 4.59. The van der Waals surface area contributed by atoms with E-state index >= 15 is 0 Å². The highest BCUT2D eigenvalue weighted by Crippen LogP contribution is 2.30. The van der Waals surface area contributed by atoms with Crippen molar-refractivity contribution in [2.24, 2.45) is 0 Å². The van der Waals surface area contributed by atoms with Crippen LogP contribution in [0.3, 0.4) is 0 Å². The first kappa shape index (κ1) is 14.1. The molecule has 0 aliphatic carbocycles. The summed E-state index contributed by atoms with van der Waals surface area (Å²) in [7, 11) is -2.83. The molecule has 3 fully saturated rings. The Morgan fingerprint density at radius 2 is 1.90 bits per heavy atom. The Morgan fingerprint density at radius 3 is 2.50 bits per heavy atom. The predicted octanol–water partition coefficient (Wildman–Crippen LogP) is -0.194. The maximum atomic E-state index is 12.1. The number of rotatable bonds is 1. The van der Waals surface area contributed by atoms with Crippen molar-refractivity contribution in [3.05, 3.63) is 0 Å². The van der Waals surface area contributed by atoms with Crippen molar-refractivity contribution in [1.82, 2.24) is 10.2 Å². The van der Waals surface area contributed by atoms with Gasteiger partial charge in [-0.05, 0) is 13.8 Å². The number of carbonyl (C=O) groups is 1. The number of quaternary nitrogens is 1. The molecule has 3 saturated heterocycles. The highest BCUT2D eigenvalue weighted by Gasteiger charge is 2.50. The molecule has 0 aromatic heterocycles. The molecule has 0 unspecified atom stereocenters. The summed E-state index contributed by atoms with van der Waals surface area (Å²) >= 11 is 0. The minimum Gasteiger partial charge on any atom is -0.327 e. The topological polar surface area (TPSA) is 66.5 Å². The van der Waals surface area contributed by atoms with E-state index in [1.54, 1.807) is 0 Å². The Kier molecular flexibility index (Phi) is 3.25. The van der Waals surface area contributed by atoms with Gasteiger partial charge in [-0.15, -0.1) is 0 Å². The van der Waals surface area contributed by atoms with Crippen LogP contribution in [-0.4, -0.2) is 79.6 Å².